The Hall–Kier alpha value is -3.99. The number of imidazole rings is 1. The van der Waals surface area contributed by atoms with Crippen molar-refractivity contribution in [2.45, 2.75) is 31.9 Å². The number of amides is 1. The summed E-state index contributed by atoms with van der Waals surface area (Å²) >= 11 is 0. The van der Waals surface area contributed by atoms with Crippen LogP contribution in [0.4, 0.5) is 13.2 Å². The molecule has 8 nitrogen and oxygen atoms in total. The van der Waals surface area contributed by atoms with Crippen molar-refractivity contribution in [3.05, 3.63) is 78.5 Å². The highest BCUT2D eigenvalue weighted by Crippen LogP contribution is 2.29. The molecule has 2 aromatic carbocycles. The van der Waals surface area contributed by atoms with Crippen LogP contribution < -0.4 is 10.1 Å². The highest BCUT2D eigenvalue weighted by molar-refractivity contribution is 5.92. The molecule has 34 heavy (non-hydrogen) atoms. The molecule has 0 bridgehead atoms. The molecule has 2 aromatic heterocycles. The predicted molar refractivity (Wildman–Crippen MR) is 116 cm³/mol. The number of carbonyl (C=O) groups is 1. The lowest BCUT2D eigenvalue weighted by atomic mass is 9.91. The quantitative estimate of drug-likeness (QED) is 0.442. The number of ether oxygens (including phenoxy) is 1. The van der Waals surface area contributed by atoms with Crippen molar-refractivity contribution in [2.75, 3.05) is 0 Å². The number of nitrogens with zero attached hydrogens (tertiary/aromatic N) is 4. The zero-order valence-corrected chi connectivity index (χ0v) is 18.1. The molecule has 0 aliphatic carbocycles. The number of fused-ring (bicyclic) bond motifs is 1. The van der Waals surface area contributed by atoms with E-state index in [2.05, 4.69) is 25.0 Å². The molecule has 0 fully saturated rings. The number of halogens is 3. The Morgan fingerprint density at radius 3 is 2.47 bits per heavy atom. The van der Waals surface area contributed by atoms with E-state index in [0.29, 0.717) is 11.4 Å². The molecule has 0 spiro atoms. The molecule has 4 rings (SSSR count). The average Bonchev–Trinajstić information content (AvgIpc) is 3.20. The highest BCUT2D eigenvalue weighted by atomic mass is 19.4. The molecule has 1 unspecified atom stereocenters. The minimum absolute atomic E-state index is 0.0124. The lowest BCUT2D eigenvalue weighted by Crippen LogP contribution is -2.42. The van der Waals surface area contributed by atoms with Crippen LogP contribution in [0.25, 0.3) is 16.9 Å². The summed E-state index contributed by atoms with van der Waals surface area (Å²) in [6, 6.07) is 11.3. The maximum absolute atomic E-state index is 13.0. The van der Waals surface area contributed by atoms with Crippen molar-refractivity contribution in [2.24, 2.45) is 0 Å². The van der Waals surface area contributed by atoms with Crippen molar-refractivity contribution < 1.29 is 27.8 Å². The summed E-state index contributed by atoms with van der Waals surface area (Å²) in [5.41, 5.74) is 0.443. The molecular weight excluding hydrogens is 451 g/mol. The number of benzene rings is 2. The third-order valence-electron chi connectivity index (χ3n) is 4.98. The van der Waals surface area contributed by atoms with E-state index < -0.39 is 29.7 Å². The molecule has 2 N–H and O–H groups in total. The molecule has 1 amide bonds. The SMILES string of the molecule is CC(C)(O)C(NC(=O)c1cncc(-n2cnc3ccccc32)n1)c1ccc(OC(F)(F)F)cc1. The van der Waals surface area contributed by atoms with Gasteiger partial charge in [0.15, 0.2) is 5.82 Å². The Bertz CT molecular complexity index is 1310. The average molecular weight is 471 g/mol. The van der Waals surface area contributed by atoms with Crippen molar-refractivity contribution in [3.63, 3.8) is 0 Å². The highest BCUT2D eigenvalue weighted by Gasteiger charge is 2.33. The van der Waals surface area contributed by atoms with Gasteiger partial charge in [0.25, 0.3) is 5.91 Å². The predicted octanol–water partition coefficient (Wildman–Crippen LogP) is 3.96. The summed E-state index contributed by atoms with van der Waals surface area (Å²) < 4.78 is 42.9. The molecule has 2 heterocycles. The van der Waals surface area contributed by atoms with E-state index in [4.69, 9.17) is 0 Å². The van der Waals surface area contributed by atoms with Crippen LogP contribution in [-0.4, -0.2) is 42.5 Å². The number of rotatable bonds is 6. The van der Waals surface area contributed by atoms with Crippen molar-refractivity contribution in [3.8, 4) is 11.6 Å². The standard InChI is InChI=1S/C23H20F3N5O3/c1-22(2,33)20(14-7-9-15(10-8-14)34-23(24,25)26)30-21(32)17-11-27-12-19(29-17)31-13-28-16-5-3-4-6-18(16)31/h3-13,20,33H,1-2H3,(H,30,32). The van der Waals surface area contributed by atoms with Crippen LogP contribution >= 0.6 is 0 Å². The second kappa shape index (κ2) is 8.75. The first-order chi connectivity index (χ1) is 16.0. The number of alkyl halides is 3. The van der Waals surface area contributed by atoms with Gasteiger partial charge in [-0.05, 0) is 43.7 Å². The van der Waals surface area contributed by atoms with E-state index >= 15 is 0 Å². The van der Waals surface area contributed by atoms with Gasteiger partial charge in [-0.3, -0.25) is 14.3 Å². The normalized spacial score (nSPS) is 13.0. The fourth-order valence-corrected chi connectivity index (χ4v) is 3.46. The number of aliphatic hydroxyl groups is 1. The maximum Gasteiger partial charge on any atom is 0.573 e. The first-order valence-electron chi connectivity index (χ1n) is 10.1. The summed E-state index contributed by atoms with van der Waals surface area (Å²) in [6.45, 7) is 2.94. The smallest absolute Gasteiger partial charge is 0.406 e. The second-order valence-corrected chi connectivity index (χ2v) is 8.04. The third-order valence-corrected chi connectivity index (χ3v) is 4.98. The van der Waals surface area contributed by atoms with Gasteiger partial charge in [0.05, 0.1) is 35.1 Å². The molecule has 176 valence electrons. The Balaban J connectivity index is 1.59. The number of hydrogen-bond donors (Lipinski definition) is 2. The molecule has 0 saturated heterocycles. The molecule has 0 aliphatic heterocycles. The molecule has 0 aliphatic rings. The van der Waals surface area contributed by atoms with Crippen LogP contribution in [0.5, 0.6) is 5.75 Å². The number of aromatic nitrogens is 4. The Morgan fingerprint density at radius 1 is 1.09 bits per heavy atom. The number of nitrogens with one attached hydrogen (secondary N) is 1. The molecule has 4 aromatic rings. The number of hydrogen-bond acceptors (Lipinski definition) is 6. The van der Waals surface area contributed by atoms with E-state index in [1.54, 1.807) is 10.9 Å². The van der Waals surface area contributed by atoms with Crippen molar-refractivity contribution in [1.82, 2.24) is 24.8 Å². The van der Waals surface area contributed by atoms with Crippen LogP contribution in [0.1, 0.15) is 35.9 Å². The van der Waals surface area contributed by atoms with Gasteiger partial charge in [-0.2, -0.15) is 0 Å². The molecule has 0 saturated carbocycles. The summed E-state index contributed by atoms with van der Waals surface area (Å²) in [7, 11) is 0. The van der Waals surface area contributed by atoms with Crippen molar-refractivity contribution in [1.29, 1.82) is 0 Å². The van der Waals surface area contributed by atoms with Gasteiger partial charge in [-0.25, -0.2) is 9.97 Å². The van der Waals surface area contributed by atoms with Crippen LogP contribution in [0.2, 0.25) is 0 Å². The molecular formula is C23H20F3N5O3. The first-order valence-corrected chi connectivity index (χ1v) is 10.1. The molecule has 0 radical (unpaired) electrons. The lowest BCUT2D eigenvalue weighted by Gasteiger charge is -2.30. The Kier molecular flexibility index (Phi) is 5.96. The van der Waals surface area contributed by atoms with E-state index in [-0.39, 0.29) is 5.69 Å². The minimum atomic E-state index is -4.82. The minimum Gasteiger partial charge on any atom is -0.406 e. The Morgan fingerprint density at radius 2 is 1.79 bits per heavy atom. The van der Waals surface area contributed by atoms with Gasteiger partial charge in [-0.1, -0.05) is 24.3 Å². The number of para-hydroxylation sites is 2. The van der Waals surface area contributed by atoms with Crippen LogP contribution in [0.3, 0.4) is 0 Å². The Labute approximate surface area is 192 Å². The van der Waals surface area contributed by atoms with E-state index in [1.807, 2.05) is 24.3 Å². The van der Waals surface area contributed by atoms with Gasteiger partial charge < -0.3 is 15.2 Å². The monoisotopic (exact) mass is 471 g/mol. The van der Waals surface area contributed by atoms with E-state index in [1.165, 1.54) is 38.4 Å². The van der Waals surface area contributed by atoms with Crippen LogP contribution in [0, 0.1) is 0 Å². The van der Waals surface area contributed by atoms with E-state index in [0.717, 1.165) is 23.2 Å². The first kappa shape index (κ1) is 23.2. The summed E-state index contributed by atoms with van der Waals surface area (Å²) in [5, 5.41) is 13.3. The fourth-order valence-electron chi connectivity index (χ4n) is 3.46. The van der Waals surface area contributed by atoms with Crippen LogP contribution in [-0.2, 0) is 0 Å². The van der Waals surface area contributed by atoms with Gasteiger partial charge >= 0.3 is 6.36 Å². The summed E-state index contributed by atoms with van der Waals surface area (Å²) in [4.78, 5) is 25.8. The van der Waals surface area contributed by atoms with E-state index in [9.17, 15) is 23.1 Å². The fraction of sp³-hybridized carbons (Fsp3) is 0.217. The largest absolute Gasteiger partial charge is 0.573 e. The van der Waals surface area contributed by atoms with Gasteiger partial charge in [-0.15, -0.1) is 13.2 Å². The van der Waals surface area contributed by atoms with Crippen molar-refractivity contribution >= 4 is 16.9 Å². The molecule has 1 atom stereocenters. The summed E-state index contributed by atoms with van der Waals surface area (Å²) in [5.74, 6) is -0.667. The number of carbonyl (C=O) groups excluding carboxylic acids is 1. The van der Waals surface area contributed by atoms with Gasteiger partial charge in [0.2, 0.25) is 0 Å². The topological polar surface area (TPSA) is 102 Å². The van der Waals surface area contributed by atoms with Gasteiger partial charge in [0.1, 0.15) is 17.8 Å². The summed E-state index contributed by atoms with van der Waals surface area (Å²) in [6.07, 6.45) is -0.492. The molecule has 11 heteroatoms. The zero-order valence-electron chi connectivity index (χ0n) is 18.1. The third kappa shape index (κ3) is 5.15. The lowest BCUT2D eigenvalue weighted by molar-refractivity contribution is -0.274. The zero-order chi connectivity index (χ0) is 24.5. The van der Waals surface area contributed by atoms with Crippen LogP contribution in [0.15, 0.2) is 67.3 Å². The maximum atomic E-state index is 13.0. The van der Waals surface area contributed by atoms with Gasteiger partial charge in [0, 0.05) is 0 Å². The second-order valence-electron chi connectivity index (χ2n) is 8.04.